The number of nitrogens with zero attached hydrogens (tertiary/aromatic N) is 2. The summed E-state index contributed by atoms with van der Waals surface area (Å²) in [5, 5.41) is 5.70. The first-order chi connectivity index (χ1) is 14.2. The third-order valence-electron chi connectivity index (χ3n) is 5.55. The number of benzene rings is 2. The largest absolute Gasteiger partial charge is 0.299 e. The van der Waals surface area contributed by atoms with Gasteiger partial charge < -0.3 is 0 Å². The van der Waals surface area contributed by atoms with Crippen molar-refractivity contribution < 1.29 is 18.0 Å². The topological polar surface area (TPSA) is 101 Å². The van der Waals surface area contributed by atoms with Gasteiger partial charge in [0.25, 0.3) is 11.8 Å². The number of amides is 2. The number of hydrogen-bond donors (Lipinski definition) is 1. The average molecular weight is 468 g/mol. The molecule has 1 saturated heterocycles. The number of nitrogens with two attached hydrogens (primary N) is 1. The van der Waals surface area contributed by atoms with Crippen molar-refractivity contribution in [3.8, 4) is 0 Å². The third kappa shape index (κ3) is 3.86. The van der Waals surface area contributed by atoms with Gasteiger partial charge >= 0.3 is 0 Å². The molecule has 0 saturated carbocycles. The molecule has 2 heterocycles. The first kappa shape index (κ1) is 21.3. The molecule has 10 heteroatoms. The number of rotatable bonds is 4. The zero-order valence-corrected chi connectivity index (χ0v) is 18.2. The lowest BCUT2D eigenvalue weighted by atomic mass is 10.0. The van der Waals surface area contributed by atoms with Crippen LogP contribution in [0, 0.1) is 0 Å². The van der Waals surface area contributed by atoms with Gasteiger partial charge in [0.1, 0.15) is 4.90 Å². The molecule has 2 N–H and O–H groups in total. The lowest BCUT2D eigenvalue weighted by Crippen LogP contribution is -2.47. The van der Waals surface area contributed by atoms with Crippen molar-refractivity contribution in [1.29, 1.82) is 0 Å². The number of piperidine rings is 1. The summed E-state index contributed by atoms with van der Waals surface area (Å²) in [6, 6.07) is 9.69. The van der Waals surface area contributed by atoms with Crippen LogP contribution in [-0.2, 0) is 16.6 Å². The quantitative estimate of drug-likeness (QED) is 0.696. The van der Waals surface area contributed by atoms with Crippen molar-refractivity contribution in [1.82, 2.24) is 9.80 Å². The smallest absolute Gasteiger partial charge is 0.261 e. The van der Waals surface area contributed by atoms with Gasteiger partial charge in [-0.3, -0.25) is 19.4 Å². The van der Waals surface area contributed by atoms with E-state index >= 15 is 0 Å². The van der Waals surface area contributed by atoms with E-state index in [0.29, 0.717) is 37.5 Å². The summed E-state index contributed by atoms with van der Waals surface area (Å²) in [5.74, 6) is -0.969. The van der Waals surface area contributed by atoms with E-state index in [2.05, 4.69) is 4.90 Å². The number of likely N-dealkylation sites (tertiary alicyclic amines) is 1. The minimum absolute atomic E-state index is 0.0203. The van der Waals surface area contributed by atoms with Crippen molar-refractivity contribution in [3.63, 3.8) is 0 Å². The molecule has 4 rings (SSSR count). The van der Waals surface area contributed by atoms with Gasteiger partial charge in [0, 0.05) is 30.7 Å². The van der Waals surface area contributed by atoms with Crippen molar-refractivity contribution in [2.75, 3.05) is 13.1 Å². The highest BCUT2D eigenvalue weighted by molar-refractivity contribution is 7.89. The maximum absolute atomic E-state index is 12.9. The maximum Gasteiger partial charge on any atom is 0.261 e. The highest BCUT2D eigenvalue weighted by Crippen LogP contribution is 2.33. The fourth-order valence-corrected chi connectivity index (χ4v) is 5.31. The number of carbonyl (C=O) groups excluding carboxylic acids is 2. The van der Waals surface area contributed by atoms with Crippen LogP contribution in [0.5, 0.6) is 0 Å². The first-order valence-corrected chi connectivity index (χ1v) is 11.7. The summed E-state index contributed by atoms with van der Waals surface area (Å²) >= 11 is 12.2. The second-order valence-corrected chi connectivity index (χ2v) is 9.80. The van der Waals surface area contributed by atoms with E-state index in [1.54, 1.807) is 0 Å². The molecule has 0 atom stereocenters. The first-order valence-electron chi connectivity index (χ1n) is 9.37. The molecule has 2 amide bonds. The molecule has 2 aromatic carbocycles. The molecule has 0 radical (unpaired) electrons. The number of imide groups is 1. The number of halogens is 2. The standard InChI is InChI=1S/C20H19Cl2N3O4S/c21-16-4-2-1-3-12(16)11-24-7-5-13(6-8-24)25-19(26)14-9-17(22)18(30(23,28)29)10-15(14)20(25)27/h1-4,9-10,13H,5-8,11H2,(H2,23,28,29). The Kier molecular flexibility index (Phi) is 5.63. The van der Waals surface area contributed by atoms with Crippen LogP contribution in [0.25, 0.3) is 0 Å². The summed E-state index contributed by atoms with van der Waals surface area (Å²) < 4.78 is 23.4. The summed E-state index contributed by atoms with van der Waals surface area (Å²) in [7, 11) is -4.11. The number of hydrogen-bond acceptors (Lipinski definition) is 5. The van der Waals surface area contributed by atoms with Crippen LogP contribution in [0.15, 0.2) is 41.3 Å². The molecule has 158 valence electrons. The van der Waals surface area contributed by atoms with Crippen LogP contribution in [0.3, 0.4) is 0 Å². The summed E-state index contributed by atoms with van der Waals surface area (Å²) in [4.78, 5) is 28.9. The second-order valence-electron chi connectivity index (χ2n) is 7.45. The molecule has 0 unspecified atom stereocenters. The van der Waals surface area contributed by atoms with Crippen LogP contribution in [-0.4, -0.2) is 49.2 Å². The zero-order valence-electron chi connectivity index (χ0n) is 15.8. The summed E-state index contributed by atoms with van der Waals surface area (Å²) in [6.45, 7) is 2.10. The molecule has 7 nitrogen and oxygen atoms in total. The van der Waals surface area contributed by atoms with Gasteiger partial charge in [0.2, 0.25) is 10.0 Å². The molecular weight excluding hydrogens is 449 g/mol. The van der Waals surface area contributed by atoms with E-state index in [4.69, 9.17) is 28.3 Å². The number of primary sulfonamides is 1. The molecular formula is C20H19Cl2N3O4S. The Morgan fingerprint density at radius 3 is 2.17 bits per heavy atom. The normalized spacial score (nSPS) is 18.2. The average Bonchev–Trinajstić information content (AvgIpc) is 2.93. The second kappa shape index (κ2) is 7.94. The van der Waals surface area contributed by atoms with Gasteiger partial charge in [-0.2, -0.15) is 0 Å². The van der Waals surface area contributed by atoms with E-state index in [1.165, 1.54) is 11.0 Å². The molecule has 2 aliphatic heterocycles. The summed E-state index contributed by atoms with van der Waals surface area (Å²) in [6.07, 6.45) is 1.23. The van der Waals surface area contributed by atoms with E-state index < -0.39 is 21.8 Å². The minimum atomic E-state index is -4.11. The molecule has 2 aromatic rings. The van der Waals surface area contributed by atoms with Crippen LogP contribution in [0.2, 0.25) is 10.0 Å². The van der Waals surface area contributed by atoms with Crippen LogP contribution in [0.4, 0.5) is 0 Å². The highest BCUT2D eigenvalue weighted by Gasteiger charge is 2.42. The fraction of sp³-hybridized carbons (Fsp3) is 0.300. The van der Waals surface area contributed by atoms with Crippen molar-refractivity contribution in [2.24, 2.45) is 5.14 Å². The van der Waals surface area contributed by atoms with Crippen LogP contribution < -0.4 is 5.14 Å². The van der Waals surface area contributed by atoms with Gasteiger partial charge in [-0.15, -0.1) is 0 Å². The Morgan fingerprint density at radius 1 is 0.967 bits per heavy atom. The van der Waals surface area contributed by atoms with Crippen LogP contribution in [0.1, 0.15) is 39.1 Å². The van der Waals surface area contributed by atoms with E-state index in [0.717, 1.165) is 11.6 Å². The number of fused-ring (bicyclic) bond motifs is 1. The van der Waals surface area contributed by atoms with Gasteiger partial charge in [-0.05, 0) is 36.6 Å². The Balaban J connectivity index is 1.50. The lowest BCUT2D eigenvalue weighted by Gasteiger charge is -2.35. The lowest BCUT2D eigenvalue weighted by molar-refractivity contribution is 0.0498. The van der Waals surface area contributed by atoms with Crippen LogP contribution >= 0.6 is 23.2 Å². The monoisotopic (exact) mass is 467 g/mol. The molecule has 0 aliphatic carbocycles. The van der Waals surface area contributed by atoms with Gasteiger partial charge in [-0.25, -0.2) is 13.6 Å². The molecule has 0 spiro atoms. The minimum Gasteiger partial charge on any atom is -0.299 e. The Hall–Kier alpha value is -1.97. The van der Waals surface area contributed by atoms with E-state index in [-0.39, 0.29) is 27.1 Å². The highest BCUT2D eigenvalue weighted by atomic mass is 35.5. The van der Waals surface area contributed by atoms with Crippen molar-refractivity contribution in [3.05, 3.63) is 63.1 Å². The van der Waals surface area contributed by atoms with Gasteiger partial charge in [-0.1, -0.05) is 41.4 Å². The molecule has 0 bridgehead atoms. The van der Waals surface area contributed by atoms with Gasteiger partial charge in [0.15, 0.2) is 0 Å². The molecule has 30 heavy (non-hydrogen) atoms. The number of carbonyl (C=O) groups is 2. The number of sulfonamides is 1. The van der Waals surface area contributed by atoms with E-state index in [1.807, 2.05) is 24.3 Å². The van der Waals surface area contributed by atoms with Crippen molar-refractivity contribution >= 4 is 45.0 Å². The predicted molar refractivity (Wildman–Crippen MR) is 113 cm³/mol. The van der Waals surface area contributed by atoms with Crippen molar-refractivity contribution in [2.45, 2.75) is 30.3 Å². The summed E-state index contributed by atoms with van der Waals surface area (Å²) in [5.41, 5.74) is 1.16. The molecule has 0 aromatic heterocycles. The maximum atomic E-state index is 12.9. The van der Waals surface area contributed by atoms with Gasteiger partial charge in [0.05, 0.1) is 16.1 Å². The molecule has 2 aliphatic rings. The predicted octanol–water partition coefficient (Wildman–Crippen LogP) is 2.90. The zero-order chi connectivity index (χ0) is 21.6. The fourth-order valence-electron chi connectivity index (χ4n) is 4.01. The third-order valence-corrected chi connectivity index (χ3v) is 7.30. The van der Waals surface area contributed by atoms with E-state index in [9.17, 15) is 18.0 Å². The Bertz CT molecular complexity index is 1140. The molecule has 1 fully saturated rings. The SMILES string of the molecule is NS(=O)(=O)c1cc2c(cc1Cl)C(=O)N(C1CCN(Cc3ccccc3Cl)CC1)C2=O. The Labute approximate surface area is 184 Å². The Morgan fingerprint density at radius 2 is 1.57 bits per heavy atom.